The van der Waals surface area contributed by atoms with Crippen molar-refractivity contribution < 1.29 is 5.11 Å². The van der Waals surface area contributed by atoms with Crippen LogP contribution in [0.25, 0.3) is 22.5 Å². The summed E-state index contributed by atoms with van der Waals surface area (Å²) in [5, 5.41) is 28.0. The average Bonchev–Trinajstić information content (AvgIpc) is 3.66. The van der Waals surface area contributed by atoms with Crippen LogP contribution >= 0.6 is 0 Å². The van der Waals surface area contributed by atoms with Gasteiger partial charge in [-0.25, -0.2) is 5.10 Å². The molecular weight excluding hydrogens is 552 g/mol. The molecule has 7 rings (SSSR count). The molecule has 0 radical (unpaired) electrons. The molecule has 1 atom stereocenters. The van der Waals surface area contributed by atoms with Crippen molar-refractivity contribution in [3.05, 3.63) is 197 Å². The number of nitrogens with one attached hydrogen (secondary N) is 1. The minimum Gasteiger partial charge on any atom is -0.388 e. The Bertz CT molecular complexity index is 1870. The average molecular weight is 585 g/mol. The fraction of sp³-hybridized carbons (Fsp3) is 0.0750. The highest BCUT2D eigenvalue weighted by molar-refractivity contribution is 5.87. The van der Waals surface area contributed by atoms with Crippen molar-refractivity contribution in [2.45, 2.75) is 17.9 Å². The number of benzene rings is 6. The number of hydrogen-bond acceptors (Lipinski definition) is 4. The molecule has 2 N–H and O–H groups in total. The molecule has 0 saturated heterocycles. The zero-order chi connectivity index (χ0) is 30.5. The normalized spacial score (nSPS) is 12.1. The van der Waals surface area contributed by atoms with Gasteiger partial charge in [0.15, 0.2) is 5.82 Å². The molecule has 0 aliphatic rings. The molecule has 0 spiro atoms. The summed E-state index contributed by atoms with van der Waals surface area (Å²) < 4.78 is 0. The molecule has 6 aromatic carbocycles. The Hall–Kier alpha value is -5.65. The maximum atomic E-state index is 12.3. The highest BCUT2D eigenvalue weighted by Crippen LogP contribution is 2.52. The van der Waals surface area contributed by atoms with Gasteiger partial charge in [-0.05, 0) is 54.9 Å². The topological polar surface area (TPSA) is 74.7 Å². The van der Waals surface area contributed by atoms with E-state index in [-0.39, 0.29) is 0 Å². The lowest BCUT2D eigenvalue weighted by Gasteiger charge is -2.40. The Morgan fingerprint density at radius 2 is 1.07 bits per heavy atom. The highest BCUT2D eigenvalue weighted by Gasteiger charge is 2.44. The first-order chi connectivity index (χ1) is 22.3. The van der Waals surface area contributed by atoms with Gasteiger partial charge in [0.2, 0.25) is 0 Å². The van der Waals surface area contributed by atoms with Gasteiger partial charge in [-0.2, -0.15) is 0 Å². The summed E-state index contributed by atoms with van der Waals surface area (Å²) in [4.78, 5) is 0. The van der Waals surface area contributed by atoms with Crippen LogP contribution in [-0.2, 0) is 11.8 Å². The SMILES string of the molecule is OC(Cc1ccccc1)c1ccc(-c2ccccc2)c(-c2nnn[nH]2)c1C(c1ccccc1)(c1ccccc1)c1ccccc1. The number of H-pyrrole nitrogens is 1. The van der Waals surface area contributed by atoms with Gasteiger partial charge < -0.3 is 5.11 Å². The van der Waals surface area contributed by atoms with Gasteiger partial charge in [0.25, 0.3) is 0 Å². The number of rotatable bonds is 9. The maximum absolute atomic E-state index is 12.3. The van der Waals surface area contributed by atoms with E-state index in [0.717, 1.165) is 50.1 Å². The summed E-state index contributed by atoms with van der Waals surface area (Å²) >= 11 is 0. The predicted octanol–water partition coefficient (Wildman–Crippen LogP) is 8.19. The Kier molecular flexibility index (Phi) is 7.83. The first kappa shape index (κ1) is 28.1. The summed E-state index contributed by atoms with van der Waals surface area (Å²) in [6.45, 7) is 0. The number of tetrazole rings is 1. The molecule has 218 valence electrons. The smallest absolute Gasteiger partial charge is 0.180 e. The largest absolute Gasteiger partial charge is 0.388 e. The van der Waals surface area contributed by atoms with Crippen LogP contribution in [0.5, 0.6) is 0 Å². The highest BCUT2D eigenvalue weighted by atomic mass is 16.3. The predicted molar refractivity (Wildman–Crippen MR) is 178 cm³/mol. The van der Waals surface area contributed by atoms with Crippen molar-refractivity contribution in [1.29, 1.82) is 0 Å². The standard InChI is InChI=1S/C40H32N4O/c45-36(28-29-16-6-1-7-17-29)35-27-26-34(30-18-8-2-9-19-30)37(39-41-43-44-42-39)38(35)40(31-20-10-3-11-21-31,32-22-12-4-13-23-32)33-24-14-5-15-25-33/h1-27,36,45H,28H2,(H,41,42,43,44). The number of aromatic amines is 1. The monoisotopic (exact) mass is 584 g/mol. The summed E-state index contributed by atoms with van der Waals surface area (Å²) in [7, 11) is 0. The molecule has 0 bridgehead atoms. The minimum absolute atomic E-state index is 0.446. The maximum Gasteiger partial charge on any atom is 0.180 e. The lowest BCUT2D eigenvalue weighted by atomic mass is 9.61. The van der Waals surface area contributed by atoms with E-state index >= 15 is 0 Å². The van der Waals surface area contributed by atoms with Crippen molar-refractivity contribution in [2.24, 2.45) is 0 Å². The molecule has 5 heteroatoms. The van der Waals surface area contributed by atoms with Crippen molar-refractivity contribution in [1.82, 2.24) is 20.6 Å². The second-order valence-electron chi connectivity index (χ2n) is 11.1. The molecule has 0 saturated carbocycles. The van der Waals surface area contributed by atoms with E-state index in [1.165, 1.54) is 0 Å². The Morgan fingerprint density at radius 3 is 1.56 bits per heavy atom. The van der Waals surface area contributed by atoms with Gasteiger partial charge in [-0.3, -0.25) is 0 Å². The fourth-order valence-corrected chi connectivity index (χ4v) is 6.61. The lowest BCUT2D eigenvalue weighted by molar-refractivity contribution is 0.177. The Labute approximate surface area is 262 Å². The van der Waals surface area contributed by atoms with Crippen molar-refractivity contribution in [3.8, 4) is 22.5 Å². The second kappa shape index (κ2) is 12.5. The molecule has 0 aliphatic carbocycles. The molecule has 1 unspecified atom stereocenters. The molecule has 7 aromatic rings. The van der Waals surface area contributed by atoms with Crippen molar-refractivity contribution >= 4 is 0 Å². The second-order valence-corrected chi connectivity index (χ2v) is 11.1. The third-order valence-corrected chi connectivity index (χ3v) is 8.53. The van der Waals surface area contributed by atoms with Crippen LogP contribution in [0.3, 0.4) is 0 Å². The van der Waals surface area contributed by atoms with Gasteiger partial charge in [-0.15, -0.1) is 5.10 Å². The van der Waals surface area contributed by atoms with Crippen LogP contribution in [0.15, 0.2) is 164 Å². The van der Waals surface area contributed by atoms with Gasteiger partial charge >= 0.3 is 0 Å². The van der Waals surface area contributed by atoms with Crippen molar-refractivity contribution in [3.63, 3.8) is 0 Å². The molecule has 1 heterocycles. The number of aromatic nitrogens is 4. The lowest BCUT2D eigenvalue weighted by Crippen LogP contribution is -2.34. The van der Waals surface area contributed by atoms with E-state index in [4.69, 9.17) is 0 Å². The molecular formula is C40H32N4O. The first-order valence-electron chi connectivity index (χ1n) is 15.1. The van der Waals surface area contributed by atoms with Crippen LogP contribution < -0.4 is 0 Å². The number of aliphatic hydroxyl groups is 1. The fourth-order valence-electron chi connectivity index (χ4n) is 6.61. The van der Waals surface area contributed by atoms with E-state index in [1.54, 1.807) is 0 Å². The van der Waals surface area contributed by atoms with Crippen LogP contribution in [0.1, 0.15) is 39.5 Å². The van der Waals surface area contributed by atoms with E-state index < -0.39 is 11.5 Å². The van der Waals surface area contributed by atoms with Gasteiger partial charge in [0, 0.05) is 12.0 Å². The van der Waals surface area contributed by atoms with Gasteiger partial charge in [0.05, 0.1) is 11.5 Å². The van der Waals surface area contributed by atoms with Crippen molar-refractivity contribution in [2.75, 3.05) is 0 Å². The summed E-state index contributed by atoms with van der Waals surface area (Å²) in [5.74, 6) is 0.532. The van der Waals surface area contributed by atoms with Gasteiger partial charge in [0.1, 0.15) is 0 Å². The third kappa shape index (κ3) is 5.24. The van der Waals surface area contributed by atoms with Crippen LogP contribution in [0.4, 0.5) is 0 Å². The quantitative estimate of drug-likeness (QED) is 0.168. The summed E-state index contributed by atoms with van der Waals surface area (Å²) in [6.07, 6.45) is -0.376. The molecule has 45 heavy (non-hydrogen) atoms. The summed E-state index contributed by atoms with van der Waals surface area (Å²) in [6, 6.07) is 56.2. The first-order valence-corrected chi connectivity index (χ1v) is 15.1. The molecule has 5 nitrogen and oxygen atoms in total. The van der Waals surface area contributed by atoms with Gasteiger partial charge in [-0.1, -0.05) is 164 Å². The summed E-state index contributed by atoms with van der Waals surface area (Å²) in [5.41, 5.74) is 7.95. The van der Waals surface area contributed by atoms with E-state index in [2.05, 4.69) is 130 Å². The van der Waals surface area contributed by atoms with Crippen LogP contribution in [0, 0.1) is 0 Å². The van der Waals surface area contributed by atoms with E-state index in [9.17, 15) is 5.11 Å². The number of aliphatic hydroxyl groups excluding tert-OH is 1. The van der Waals surface area contributed by atoms with E-state index in [1.807, 2.05) is 54.6 Å². The third-order valence-electron chi connectivity index (χ3n) is 8.53. The minimum atomic E-state index is -0.857. The molecule has 0 fully saturated rings. The van der Waals surface area contributed by atoms with Crippen LogP contribution in [-0.4, -0.2) is 25.7 Å². The zero-order valence-electron chi connectivity index (χ0n) is 24.7. The van der Waals surface area contributed by atoms with E-state index in [0.29, 0.717) is 12.2 Å². The molecule has 1 aromatic heterocycles. The Morgan fingerprint density at radius 1 is 0.578 bits per heavy atom. The number of hydrogen-bond donors (Lipinski definition) is 2. The van der Waals surface area contributed by atoms with Crippen LogP contribution in [0.2, 0.25) is 0 Å². The molecule has 0 aliphatic heterocycles. The number of nitrogens with zero attached hydrogens (tertiary/aromatic N) is 3. The Balaban J connectivity index is 1.67. The molecule has 0 amide bonds. The zero-order valence-corrected chi connectivity index (χ0v) is 24.7.